The predicted molar refractivity (Wildman–Crippen MR) is 47.6 cm³/mol. The second kappa shape index (κ2) is 4.18. The molecule has 0 aromatic carbocycles. The van der Waals surface area contributed by atoms with Crippen molar-refractivity contribution >= 4 is 0 Å². The summed E-state index contributed by atoms with van der Waals surface area (Å²) in [5.41, 5.74) is 7.15. The first-order valence-electron chi connectivity index (χ1n) is 4.04. The van der Waals surface area contributed by atoms with Crippen LogP contribution >= 0.6 is 0 Å². The van der Waals surface area contributed by atoms with E-state index in [9.17, 15) is 5.11 Å². The molecule has 1 atom stereocenters. The SMILES string of the molecule is Cc1cc([C@@H](O)CCN)ccn1. The van der Waals surface area contributed by atoms with Gasteiger partial charge in [0, 0.05) is 11.9 Å². The average molecular weight is 166 g/mol. The summed E-state index contributed by atoms with van der Waals surface area (Å²) in [5.74, 6) is 0. The summed E-state index contributed by atoms with van der Waals surface area (Å²) in [5, 5.41) is 9.54. The van der Waals surface area contributed by atoms with Gasteiger partial charge in [-0.15, -0.1) is 0 Å². The van der Waals surface area contributed by atoms with Gasteiger partial charge in [0.25, 0.3) is 0 Å². The van der Waals surface area contributed by atoms with E-state index >= 15 is 0 Å². The van der Waals surface area contributed by atoms with Crippen LogP contribution in [0.1, 0.15) is 23.8 Å². The minimum Gasteiger partial charge on any atom is -0.388 e. The standard InChI is InChI=1S/C9H14N2O/c1-7-6-8(3-5-11-7)9(12)2-4-10/h3,5-6,9,12H,2,4,10H2,1H3/t9-/m0/s1. The molecule has 0 unspecified atom stereocenters. The number of hydrogen-bond donors (Lipinski definition) is 2. The zero-order valence-electron chi connectivity index (χ0n) is 7.20. The lowest BCUT2D eigenvalue weighted by Gasteiger charge is -2.08. The molecule has 1 rings (SSSR count). The molecule has 3 heteroatoms. The van der Waals surface area contributed by atoms with Crippen molar-refractivity contribution < 1.29 is 5.11 Å². The molecule has 0 bridgehead atoms. The molecule has 0 radical (unpaired) electrons. The Balaban J connectivity index is 2.73. The Morgan fingerprint density at radius 2 is 2.42 bits per heavy atom. The summed E-state index contributed by atoms with van der Waals surface area (Å²) >= 11 is 0. The molecule has 66 valence electrons. The van der Waals surface area contributed by atoms with Crippen LogP contribution in [0.25, 0.3) is 0 Å². The lowest BCUT2D eigenvalue weighted by Crippen LogP contribution is -2.06. The molecule has 1 aromatic rings. The van der Waals surface area contributed by atoms with Gasteiger partial charge in [0.05, 0.1) is 6.10 Å². The molecular weight excluding hydrogens is 152 g/mol. The zero-order valence-corrected chi connectivity index (χ0v) is 7.20. The Kier molecular flexibility index (Phi) is 3.19. The fraction of sp³-hybridized carbons (Fsp3) is 0.444. The van der Waals surface area contributed by atoms with Crippen LogP contribution in [0.4, 0.5) is 0 Å². The highest BCUT2D eigenvalue weighted by Gasteiger charge is 2.05. The fourth-order valence-electron chi connectivity index (χ4n) is 1.10. The number of aromatic nitrogens is 1. The molecule has 1 heterocycles. The first-order valence-corrected chi connectivity index (χ1v) is 4.04. The van der Waals surface area contributed by atoms with Crippen LogP contribution in [0.5, 0.6) is 0 Å². The Bertz CT molecular complexity index is 250. The van der Waals surface area contributed by atoms with Crippen LogP contribution in [-0.4, -0.2) is 16.6 Å². The van der Waals surface area contributed by atoms with Gasteiger partial charge >= 0.3 is 0 Å². The summed E-state index contributed by atoms with van der Waals surface area (Å²) < 4.78 is 0. The maximum absolute atomic E-state index is 9.54. The van der Waals surface area contributed by atoms with E-state index in [1.807, 2.05) is 19.1 Å². The summed E-state index contributed by atoms with van der Waals surface area (Å²) in [6.45, 7) is 2.40. The van der Waals surface area contributed by atoms with Crippen LogP contribution in [0.15, 0.2) is 18.3 Å². The van der Waals surface area contributed by atoms with E-state index in [0.717, 1.165) is 11.3 Å². The van der Waals surface area contributed by atoms with E-state index in [1.165, 1.54) is 0 Å². The number of nitrogens with two attached hydrogens (primary N) is 1. The van der Waals surface area contributed by atoms with E-state index < -0.39 is 6.10 Å². The predicted octanol–water partition coefficient (Wildman–Crippen LogP) is 0.772. The summed E-state index contributed by atoms with van der Waals surface area (Å²) in [6, 6.07) is 3.69. The lowest BCUT2D eigenvalue weighted by atomic mass is 10.1. The smallest absolute Gasteiger partial charge is 0.0803 e. The van der Waals surface area contributed by atoms with Gasteiger partial charge in [-0.05, 0) is 37.6 Å². The molecular formula is C9H14N2O. The van der Waals surface area contributed by atoms with Gasteiger partial charge in [-0.1, -0.05) is 0 Å². The largest absolute Gasteiger partial charge is 0.388 e. The van der Waals surface area contributed by atoms with Crippen molar-refractivity contribution in [2.45, 2.75) is 19.4 Å². The van der Waals surface area contributed by atoms with E-state index in [2.05, 4.69) is 4.98 Å². The fourth-order valence-corrected chi connectivity index (χ4v) is 1.10. The van der Waals surface area contributed by atoms with Crippen LogP contribution in [0.2, 0.25) is 0 Å². The van der Waals surface area contributed by atoms with E-state index in [-0.39, 0.29) is 0 Å². The number of rotatable bonds is 3. The number of hydrogen-bond acceptors (Lipinski definition) is 3. The van der Waals surface area contributed by atoms with E-state index in [1.54, 1.807) is 6.20 Å². The van der Waals surface area contributed by atoms with Gasteiger partial charge in [-0.3, -0.25) is 4.98 Å². The van der Waals surface area contributed by atoms with Crippen LogP contribution in [0, 0.1) is 6.92 Å². The number of nitrogens with zero attached hydrogens (tertiary/aromatic N) is 1. The molecule has 3 nitrogen and oxygen atoms in total. The Morgan fingerprint density at radius 3 is 3.00 bits per heavy atom. The second-order valence-electron chi connectivity index (χ2n) is 2.82. The van der Waals surface area contributed by atoms with Gasteiger partial charge < -0.3 is 10.8 Å². The minimum atomic E-state index is -0.448. The normalized spacial score (nSPS) is 12.9. The molecule has 0 fully saturated rings. The average Bonchev–Trinajstić information content (AvgIpc) is 2.05. The molecule has 1 aromatic heterocycles. The molecule has 0 amide bonds. The molecule has 3 N–H and O–H groups in total. The molecule has 0 saturated carbocycles. The van der Waals surface area contributed by atoms with Gasteiger partial charge in [0.2, 0.25) is 0 Å². The molecule has 12 heavy (non-hydrogen) atoms. The molecule has 0 saturated heterocycles. The summed E-state index contributed by atoms with van der Waals surface area (Å²) in [7, 11) is 0. The molecule has 0 aliphatic rings. The number of aliphatic hydroxyl groups is 1. The zero-order chi connectivity index (χ0) is 8.97. The minimum absolute atomic E-state index is 0.448. The quantitative estimate of drug-likeness (QED) is 0.697. The highest BCUT2D eigenvalue weighted by Crippen LogP contribution is 2.15. The first kappa shape index (κ1) is 9.16. The Hall–Kier alpha value is -0.930. The van der Waals surface area contributed by atoms with Crippen molar-refractivity contribution in [1.29, 1.82) is 0 Å². The van der Waals surface area contributed by atoms with E-state index in [4.69, 9.17) is 5.73 Å². The topological polar surface area (TPSA) is 59.1 Å². The van der Waals surface area contributed by atoms with Crippen molar-refractivity contribution in [2.24, 2.45) is 5.73 Å². The monoisotopic (exact) mass is 166 g/mol. The summed E-state index contributed by atoms with van der Waals surface area (Å²) in [6.07, 6.45) is 1.85. The number of pyridine rings is 1. The molecule has 0 aliphatic carbocycles. The maximum atomic E-state index is 9.54. The van der Waals surface area contributed by atoms with Crippen LogP contribution < -0.4 is 5.73 Å². The van der Waals surface area contributed by atoms with Crippen molar-refractivity contribution in [3.63, 3.8) is 0 Å². The van der Waals surface area contributed by atoms with Crippen molar-refractivity contribution in [1.82, 2.24) is 4.98 Å². The number of aliphatic hydroxyl groups excluding tert-OH is 1. The third-order valence-electron chi connectivity index (χ3n) is 1.75. The molecule has 0 aliphatic heterocycles. The van der Waals surface area contributed by atoms with Gasteiger partial charge in [-0.2, -0.15) is 0 Å². The third kappa shape index (κ3) is 2.29. The van der Waals surface area contributed by atoms with Crippen molar-refractivity contribution in [3.8, 4) is 0 Å². The van der Waals surface area contributed by atoms with Crippen LogP contribution in [0.3, 0.4) is 0 Å². The van der Waals surface area contributed by atoms with Crippen molar-refractivity contribution in [3.05, 3.63) is 29.6 Å². The van der Waals surface area contributed by atoms with Crippen LogP contribution in [-0.2, 0) is 0 Å². The third-order valence-corrected chi connectivity index (χ3v) is 1.75. The number of aryl methyl sites for hydroxylation is 1. The summed E-state index contributed by atoms with van der Waals surface area (Å²) in [4.78, 5) is 4.04. The second-order valence-corrected chi connectivity index (χ2v) is 2.82. The highest BCUT2D eigenvalue weighted by atomic mass is 16.3. The maximum Gasteiger partial charge on any atom is 0.0803 e. The Labute approximate surface area is 72.2 Å². The van der Waals surface area contributed by atoms with Gasteiger partial charge in [-0.25, -0.2) is 0 Å². The van der Waals surface area contributed by atoms with Crippen molar-refractivity contribution in [2.75, 3.05) is 6.54 Å². The first-order chi connectivity index (χ1) is 5.74. The van der Waals surface area contributed by atoms with Gasteiger partial charge in [0.1, 0.15) is 0 Å². The van der Waals surface area contributed by atoms with E-state index in [0.29, 0.717) is 13.0 Å². The molecule has 0 spiro atoms. The highest BCUT2D eigenvalue weighted by molar-refractivity contribution is 5.17. The Morgan fingerprint density at radius 1 is 1.67 bits per heavy atom. The van der Waals surface area contributed by atoms with Gasteiger partial charge in [0.15, 0.2) is 0 Å². The lowest BCUT2D eigenvalue weighted by molar-refractivity contribution is 0.170.